The number of carbonyl (C=O) groups is 1. The number of hydrogen-bond acceptors (Lipinski definition) is 1. The SMILES string of the molecule is Cc1ccc(C(=O)Nc2c(Cl)cccc2Cl)c(Cl)c1. The van der Waals surface area contributed by atoms with Crippen molar-refractivity contribution in [2.75, 3.05) is 5.32 Å². The first kappa shape index (κ1) is 14.2. The van der Waals surface area contributed by atoms with Gasteiger partial charge in [0.1, 0.15) is 0 Å². The van der Waals surface area contributed by atoms with Crippen LogP contribution in [0.3, 0.4) is 0 Å². The minimum Gasteiger partial charge on any atom is -0.319 e. The summed E-state index contributed by atoms with van der Waals surface area (Å²) in [5.74, 6) is -0.347. The molecule has 0 radical (unpaired) electrons. The van der Waals surface area contributed by atoms with E-state index in [1.807, 2.05) is 13.0 Å². The van der Waals surface area contributed by atoms with Crippen molar-refractivity contribution in [1.29, 1.82) is 0 Å². The third kappa shape index (κ3) is 3.21. The molecule has 0 saturated carbocycles. The van der Waals surface area contributed by atoms with Crippen LogP contribution in [0.25, 0.3) is 0 Å². The Kier molecular flexibility index (Phi) is 4.35. The molecule has 0 bridgehead atoms. The van der Waals surface area contributed by atoms with Crippen LogP contribution in [0, 0.1) is 6.92 Å². The molecule has 0 aliphatic heterocycles. The second-order valence-electron chi connectivity index (χ2n) is 4.03. The first-order valence-electron chi connectivity index (χ1n) is 5.50. The summed E-state index contributed by atoms with van der Waals surface area (Å²) in [7, 11) is 0. The van der Waals surface area contributed by atoms with E-state index in [2.05, 4.69) is 5.32 Å². The van der Waals surface area contributed by atoms with Gasteiger partial charge < -0.3 is 5.32 Å². The summed E-state index contributed by atoms with van der Waals surface area (Å²) in [6.45, 7) is 1.90. The zero-order valence-electron chi connectivity index (χ0n) is 10.0. The fourth-order valence-electron chi connectivity index (χ4n) is 1.60. The van der Waals surface area contributed by atoms with Crippen molar-refractivity contribution in [2.24, 2.45) is 0 Å². The average Bonchev–Trinajstić information content (AvgIpc) is 2.33. The van der Waals surface area contributed by atoms with E-state index in [-0.39, 0.29) is 5.91 Å². The van der Waals surface area contributed by atoms with Crippen LogP contribution in [0.4, 0.5) is 5.69 Å². The average molecular weight is 315 g/mol. The first-order chi connectivity index (χ1) is 8.99. The van der Waals surface area contributed by atoms with Gasteiger partial charge in [-0.2, -0.15) is 0 Å². The standard InChI is InChI=1S/C14H10Cl3NO/c1-8-5-6-9(12(17)7-8)14(19)18-13-10(15)3-2-4-11(13)16/h2-7H,1H3,(H,18,19). The minimum absolute atomic E-state index is 0.347. The van der Waals surface area contributed by atoms with E-state index in [1.165, 1.54) is 0 Å². The van der Waals surface area contributed by atoms with E-state index in [1.54, 1.807) is 30.3 Å². The van der Waals surface area contributed by atoms with Crippen molar-refractivity contribution < 1.29 is 4.79 Å². The molecule has 0 aliphatic rings. The molecule has 1 amide bonds. The molecule has 0 aliphatic carbocycles. The second-order valence-corrected chi connectivity index (χ2v) is 5.26. The van der Waals surface area contributed by atoms with E-state index in [0.29, 0.717) is 26.3 Å². The summed E-state index contributed by atoms with van der Waals surface area (Å²) in [5, 5.41) is 3.81. The van der Waals surface area contributed by atoms with Gasteiger partial charge in [-0.1, -0.05) is 46.9 Å². The smallest absolute Gasteiger partial charge is 0.257 e. The maximum atomic E-state index is 12.1. The van der Waals surface area contributed by atoms with Gasteiger partial charge in [-0.3, -0.25) is 4.79 Å². The summed E-state index contributed by atoms with van der Waals surface area (Å²) >= 11 is 18.0. The zero-order chi connectivity index (χ0) is 14.0. The normalized spacial score (nSPS) is 10.3. The second kappa shape index (κ2) is 5.83. The van der Waals surface area contributed by atoms with Gasteiger partial charge in [-0.05, 0) is 36.8 Å². The molecular formula is C14H10Cl3NO. The summed E-state index contributed by atoms with van der Waals surface area (Å²) in [6, 6.07) is 10.2. The van der Waals surface area contributed by atoms with Crippen molar-refractivity contribution in [2.45, 2.75) is 6.92 Å². The fraction of sp³-hybridized carbons (Fsp3) is 0.0714. The van der Waals surface area contributed by atoms with E-state index >= 15 is 0 Å². The fourth-order valence-corrected chi connectivity index (χ4v) is 2.42. The lowest BCUT2D eigenvalue weighted by Gasteiger charge is -2.10. The first-order valence-corrected chi connectivity index (χ1v) is 6.64. The van der Waals surface area contributed by atoms with Gasteiger partial charge in [-0.25, -0.2) is 0 Å². The summed E-state index contributed by atoms with van der Waals surface area (Å²) in [6.07, 6.45) is 0. The van der Waals surface area contributed by atoms with Crippen LogP contribution in [0.1, 0.15) is 15.9 Å². The molecule has 0 fully saturated rings. The number of hydrogen-bond donors (Lipinski definition) is 1. The molecule has 98 valence electrons. The summed E-state index contributed by atoms with van der Waals surface area (Å²) < 4.78 is 0. The van der Waals surface area contributed by atoms with Gasteiger partial charge in [0.15, 0.2) is 0 Å². The molecule has 5 heteroatoms. The largest absolute Gasteiger partial charge is 0.319 e. The highest BCUT2D eigenvalue weighted by atomic mass is 35.5. The molecule has 0 unspecified atom stereocenters. The minimum atomic E-state index is -0.347. The molecule has 0 spiro atoms. The summed E-state index contributed by atoms with van der Waals surface area (Å²) in [4.78, 5) is 12.1. The van der Waals surface area contributed by atoms with Gasteiger partial charge in [0.25, 0.3) is 5.91 Å². The topological polar surface area (TPSA) is 29.1 Å². The number of aryl methyl sites for hydroxylation is 1. The van der Waals surface area contributed by atoms with Crippen molar-refractivity contribution in [3.8, 4) is 0 Å². The van der Waals surface area contributed by atoms with Gasteiger partial charge in [0.2, 0.25) is 0 Å². The van der Waals surface area contributed by atoms with E-state index in [9.17, 15) is 4.79 Å². The number of nitrogens with one attached hydrogen (secondary N) is 1. The Hall–Kier alpha value is -1.22. The Morgan fingerprint density at radius 2 is 1.63 bits per heavy atom. The monoisotopic (exact) mass is 313 g/mol. The molecule has 0 atom stereocenters. The number of anilines is 1. The number of carbonyl (C=O) groups excluding carboxylic acids is 1. The molecule has 0 heterocycles. The predicted octanol–water partition coefficient (Wildman–Crippen LogP) is 5.21. The van der Waals surface area contributed by atoms with E-state index in [4.69, 9.17) is 34.8 Å². The van der Waals surface area contributed by atoms with Gasteiger partial charge in [0, 0.05) is 0 Å². The van der Waals surface area contributed by atoms with Crippen LogP contribution < -0.4 is 5.32 Å². The van der Waals surface area contributed by atoms with E-state index < -0.39 is 0 Å². The lowest BCUT2D eigenvalue weighted by atomic mass is 10.1. The van der Waals surface area contributed by atoms with Crippen LogP contribution in [0.5, 0.6) is 0 Å². The molecule has 2 aromatic carbocycles. The third-order valence-electron chi connectivity index (χ3n) is 2.57. The van der Waals surface area contributed by atoms with Crippen molar-refractivity contribution in [3.63, 3.8) is 0 Å². The number of amides is 1. The van der Waals surface area contributed by atoms with Crippen LogP contribution in [0.15, 0.2) is 36.4 Å². The Morgan fingerprint density at radius 3 is 2.21 bits per heavy atom. The Balaban J connectivity index is 2.31. The van der Waals surface area contributed by atoms with Crippen LogP contribution >= 0.6 is 34.8 Å². The number of para-hydroxylation sites is 1. The maximum Gasteiger partial charge on any atom is 0.257 e. The predicted molar refractivity (Wildman–Crippen MR) is 80.6 cm³/mol. The van der Waals surface area contributed by atoms with Crippen molar-refractivity contribution in [1.82, 2.24) is 0 Å². The van der Waals surface area contributed by atoms with Gasteiger partial charge in [0.05, 0.1) is 26.3 Å². The summed E-state index contributed by atoms with van der Waals surface area (Å²) in [5.41, 5.74) is 1.74. The van der Waals surface area contributed by atoms with Crippen molar-refractivity contribution in [3.05, 3.63) is 62.6 Å². The molecule has 2 nitrogen and oxygen atoms in total. The quantitative estimate of drug-likeness (QED) is 0.810. The molecule has 2 rings (SSSR count). The molecule has 2 aromatic rings. The molecule has 0 saturated heterocycles. The highest BCUT2D eigenvalue weighted by Crippen LogP contribution is 2.30. The maximum absolute atomic E-state index is 12.1. The number of halogens is 3. The van der Waals surface area contributed by atoms with Crippen LogP contribution in [-0.4, -0.2) is 5.91 Å². The molecular weight excluding hydrogens is 305 g/mol. The lowest BCUT2D eigenvalue weighted by molar-refractivity contribution is 0.102. The number of benzene rings is 2. The molecule has 1 N–H and O–H groups in total. The van der Waals surface area contributed by atoms with E-state index in [0.717, 1.165) is 5.56 Å². The Labute approximate surface area is 126 Å². The lowest BCUT2D eigenvalue weighted by Crippen LogP contribution is -2.13. The Bertz CT molecular complexity index is 620. The van der Waals surface area contributed by atoms with Crippen molar-refractivity contribution >= 4 is 46.4 Å². The molecule has 19 heavy (non-hydrogen) atoms. The molecule has 0 aromatic heterocycles. The zero-order valence-corrected chi connectivity index (χ0v) is 12.3. The van der Waals surface area contributed by atoms with Gasteiger partial charge in [-0.15, -0.1) is 0 Å². The highest BCUT2D eigenvalue weighted by Gasteiger charge is 2.14. The number of rotatable bonds is 2. The highest BCUT2D eigenvalue weighted by molar-refractivity contribution is 6.40. The van der Waals surface area contributed by atoms with Crippen LogP contribution in [0.2, 0.25) is 15.1 Å². The Morgan fingerprint density at radius 1 is 1.00 bits per heavy atom. The van der Waals surface area contributed by atoms with Gasteiger partial charge >= 0.3 is 0 Å². The third-order valence-corrected chi connectivity index (χ3v) is 3.51. The van der Waals surface area contributed by atoms with Crippen LogP contribution in [-0.2, 0) is 0 Å².